The van der Waals surface area contributed by atoms with Gasteiger partial charge in [-0.2, -0.15) is 0 Å². The van der Waals surface area contributed by atoms with E-state index in [1.54, 1.807) is 18.2 Å². The molecule has 2 unspecified atom stereocenters. The van der Waals surface area contributed by atoms with Crippen molar-refractivity contribution in [1.82, 2.24) is 4.90 Å². The van der Waals surface area contributed by atoms with Crippen LogP contribution in [0.5, 0.6) is 5.75 Å². The lowest BCUT2D eigenvalue weighted by molar-refractivity contribution is -0.152. The lowest BCUT2D eigenvalue weighted by Gasteiger charge is -2.36. The highest BCUT2D eigenvalue weighted by molar-refractivity contribution is 6.31. The highest BCUT2D eigenvalue weighted by Gasteiger charge is 2.35. The Kier molecular flexibility index (Phi) is 5.29. The lowest BCUT2D eigenvalue weighted by atomic mass is 9.92. The Balaban J connectivity index is 2.19. The zero-order valence-electron chi connectivity index (χ0n) is 12.7. The van der Waals surface area contributed by atoms with Crippen LogP contribution < -0.4 is 4.74 Å². The summed E-state index contributed by atoms with van der Waals surface area (Å²) in [5, 5.41) is 9.80. The number of amides is 1. The molecule has 2 atom stereocenters. The summed E-state index contributed by atoms with van der Waals surface area (Å²) < 4.78 is 5.23. The summed E-state index contributed by atoms with van der Waals surface area (Å²) in [6, 6.07) is 4.42. The summed E-state index contributed by atoms with van der Waals surface area (Å²) >= 11 is 6.15. The topological polar surface area (TPSA) is 66.8 Å². The molecule has 0 aromatic heterocycles. The van der Waals surface area contributed by atoms with Crippen molar-refractivity contribution in [1.29, 1.82) is 0 Å². The van der Waals surface area contributed by atoms with Gasteiger partial charge >= 0.3 is 5.97 Å². The molecule has 1 heterocycles. The molecule has 1 saturated heterocycles. The number of methoxy groups -OCH3 is 1. The summed E-state index contributed by atoms with van der Waals surface area (Å²) in [5.41, 5.74) is 0.597. The molecule has 22 heavy (non-hydrogen) atoms. The molecule has 2 rings (SSSR count). The average molecular weight is 326 g/mol. The van der Waals surface area contributed by atoms with E-state index in [1.807, 2.05) is 6.92 Å². The Morgan fingerprint density at radius 1 is 1.45 bits per heavy atom. The van der Waals surface area contributed by atoms with Crippen LogP contribution in [0, 0.1) is 5.92 Å². The van der Waals surface area contributed by atoms with Crippen molar-refractivity contribution in [3.63, 3.8) is 0 Å². The molecular formula is C16H20ClNO4. The van der Waals surface area contributed by atoms with E-state index < -0.39 is 12.0 Å². The van der Waals surface area contributed by atoms with Gasteiger partial charge in [-0.05, 0) is 30.9 Å². The molecule has 0 spiro atoms. The monoisotopic (exact) mass is 325 g/mol. The second-order valence-corrected chi connectivity index (χ2v) is 6.08. The van der Waals surface area contributed by atoms with Gasteiger partial charge < -0.3 is 14.7 Å². The van der Waals surface area contributed by atoms with Gasteiger partial charge in [-0.1, -0.05) is 24.6 Å². The molecule has 1 aliphatic rings. The van der Waals surface area contributed by atoms with E-state index in [4.69, 9.17) is 16.3 Å². The number of carboxylic acids is 1. The number of hydrogen-bond donors (Lipinski definition) is 1. The van der Waals surface area contributed by atoms with Crippen molar-refractivity contribution < 1.29 is 19.4 Å². The van der Waals surface area contributed by atoms with Gasteiger partial charge in [0, 0.05) is 17.1 Å². The van der Waals surface area contributed by atoms with Crippen LogP contribution in [0.2, 0.25) is 5.02 Å². The molecule has 0 aliphatic carbocycles. The first kappa shape index (κ1) is 16.6. The Hall–Kier alpha value is -1.75. The molecule has 1 fully saturated rings. The van der Waals surface area contributed by atoms with E-state index in [0.29, 0.717) is 35.2 Å². The van der Waals surface area contributed by atoms with Gasteiger partial charge in [-0.15, -0.1) is 0 Å². The third-order valence-electron chi connectivity index (χ3n) is 4.09. The second-order valence-electron chi connectivity index (χ2n) is 5.67. The zero-order valence-corrected chi connectivity index (χ0v) is 13.5. The minimum absolute atomic E-state index is 0.0427. The van der Waals surface area contributed by atoms with Gasteiger partial charge in [0.25, 0.3) is 0 Å². The normalized spacial score (nSPS) is 21.5. The van der Waals surface area contributed by atoms with Crippen molar-refractivity contribution in [2.75, 3.05) is 13.7 Å². The van der Waals surface area contributed by atoms with E-state index in [-0.39, 0.29) is 12.3 Å². The minimum Gasteiger partial charge on any atom is -0.496 e. The van der Waals surface area contributed by atoms with Crippen molar-refractivity contribution >= 4 is 23.5 Å². The van der Waals surface area contributed by atoms with Gasteiger partial charge in [-0.25, -0.2) is 4.79 Å². The van der Waals surface area contributed by atoms with Crippen LogP contribution in [0.4, 0.5) is 0 Å². The number of nitrogens with zero attached hydrogens (tertiary/aromatic N) is 1. The van der Waals surface area contributed by atoms with Crippen LogP contribution in [0.3, 0.4) is 0 Å². The van der Waals surface area contributed by atoms with Crippen LogP contribution in [0.25, 0.3) is 0 Å². The van der Waals surface area contributed by atoms with E-state index in [9.17, 15) is 14.7 Å². The molecule has 0 radical (unpaired) electrons. The number of aliphatic carboxylic acids is 1. The number of ether oxygens (including phenoxy) is 1. The Bertz CT molecular complexity index is 575. The summed E-state index contributed by atoms with van der Waals surface area (Å²) in [6.45, 7) is 2.47. The van der Waals surface area contributed by atoms with E-state index in [0.717, 1.165) is 6.42 Å². The lowest BCUT2D eigenvalue weighted by Crippen LogP contribution is -2.50. The number of hydrogen-bond acceptors (Lipinski definition) is 3. The number of piperidine rings is 1. The van der Waals surface area contributed by atoms with E-state index >= 15 is 0 Å². The fourth-order valence-corrected chi connectivity index (χ4v) is 3.06. The molecule has 1 N–H and O–H groups in total. The van der Waals surface area contributed by atoms with Crippen molar-refractivity contribution in [2.45, 2.75) is 32.2 Å². The van der Waals surface area contributed by atoms with Crippen molar-refractivity contribution in [3.05, 3.63) is 28.8 Å². The standard InChI is InChI=1S/C16H20ClNO4/c1-10-6-7-18(13(8-10)16(20)21)15(19)9-11-12(17)4-3-5-14(11)22-2/h3-5,10,13H,6-9H2,1-2H3,(H,20,21). The second kappa shape index (κ2) is 7.01. The van der Waals surface area contributed by atoms with Crippen LogP contribution in [-0.2, 0) is 16.0 Å². The molecule has 5 nitrogen and oxygen atoms in total. The van der Waals surface area contributed by atoms with Crippen LogP contribution >= 0.6 is 11.6 Å². The van der Waals surface area contributed by atoms with Gasteiger partial charge in [0.2, 0.25) is 5.91 Å². The summed E-state index contributed by atoms with van der Waals surface area (Å²) in [5.74, 6) is -0.338. The van der Waals surface area contributed by atoms with Crippen molar-refractivity contribution in [2.24, 2.45) is 5.92 Å². The number of benzene rings is 1. The Morgan fingerprint density at radius 2 is 2.18 bits per heavy atom. The third kappa shape index (κ3) is 3.53. The minimum atomic E-state index is -0.953. The van der Waals surface area contributed by atoms with Crippen molar-refractivity contribution in [3.8, 4) is 5.75 Å². The molecule has 1 aromatic carbocycles. The van der Waals surface area contributed by atoms with Crippen LogP contribution in [0.15, 0.2) is 18.2 Å². The molecule has 6 heteroatoms. The van der Waals surface area contributed by atoms with Crippen LogP contribution in [-0.4, -0.2) is 41.6 Å². The number of rotatable bonds is 4. The number of likely N-dealkylation sites (tertiary alicyclic amines) is 1. The van der Waals surface area contributed by atoms with Gasteiger partial charge in [0.05, 0.1) is 13.5 Å². The SMILES string of the molecule is COc1cccc(Cl)c1CC(=O)N1CCC(C)CC1C(=O)O. The molecule has 1 amide bonds. The summed E-state index contributed by atoms with van der Waals surface area (Å²) in [4.78, 5) is 25.4. The quantitative estimate of drug-likeness (QED) is 0.924. The maximum atomic E-state index is 12.6. The largest absolute Gasteiger partial charge is 0.496 e. The number of carbonyl (C=O) groups excluding carboxylic acids is 1. The van der Waals surface area contributed by atoms with Gasteiger partial charge in [0.1, 0.15) is 11.8 Å². The smallest absolute Gasteiger partial charge is 0.326 e. The van der Waals surface area contributed by atoms with E-state index in [2.05, 4.69) is 0 Å². The zero-order chi connectivity index (χ0) is 16.3. The predicted octanol–water partition coefficient (Wildman–Crippen LogP) is 2.60. The van der Waals surface area contributed by atoms with Gasteiger partial charge in [0.15, 0.2) is 0 Å². The first-order chi connectivity index (χ1) is 10.4. The Labute approximate surface area is 134 Å². The third-order valence-corrected chi connectivity index (χ3v) is 4.45. The maximum Gasteiger partial charge on any atom is 0.326 e. The maximum absolute atomic E-state index is 12.6. The van der Waals surface area contributed by atoms with Crippen LogP contribution in [0.1, 0.15) is 25.3 Å². The fourth-order valence-electron chi connectivity index (χ4n) is 2.83. The van der Waals surface area contributed by atoms with Gasteiger partial charge in [-0.3, -0.25) is 4.79 Å². The number of halogens is 1. The predicted molar refractivity (Wildman–Crippen MR) is 83.2 cm³/mol. The molecule has 1 aromatic rings. The molecule has 0 saturated carbocycles. The molecular weight excluding hydrogens is 306 g/mol. The highest BCUT2D eigenvalue weighted by atomic mass is 35.5. The molecule has 120 valence electrons. The molecule has 0 bridgehead atoms. The summed E-state index contributed by atoms with van der Waals surface area (Å²) in [7, 11) is 1.52. The molecule has 1 aliphatic heterocycles. The Morgan fingerprint density at radius 3 is 2.82 bits per heavy atom. The number of carboxylic acid groups (broad SMARTS) is 1. The highest BCUT2D eigenvalue weighted by Crippen LogP contribution is 2.29. The average Bonchev–Trinajstić information content (AvgIpc) is 2.48. The fraction of sp³-hybridized carbons (Fsp3) is 0.500. The van der Waals surface area contributed by atoms with E-state index in [1.165, 1.54) is 12.0 Å². The number of carbonyl (C=O) groups is 2. The first-order valence-electron chi connectivity index (χ1n) is 7.27. The summed E-state index contributed by atoms with van der Waals surface area (Å²) in [6.07, 6.45) is 1.34. The first-order valence-corrected chi connectivity index (χ1v) is 7.65.